The summed E-state index contributed by atoms with van der Waals surface area (Å²) < 4.78 is 17.4. The maximum Gasteiger partial charge on any atom is 0.408 e. The lowest BCUT2D eigenvalue weighted by atomic mass is 9.80. The molecule has 14 heteroatoms. The van der Waals surface area contributed by atoms with Gasteiger partial charge in [-0.3, -0.25) is 14.9 Å². The average Bonchev–Trinajstić information content (AvgIpc) is 3.67. The van der Waals surface area contributed by atoms with Crippen LogP contribution in [0.4, 0.5) is 4.79 Å². The van der Waals surface area contributed by atoms with Crippen molar-refractivity contribution >= 4 is 23.9 Å². The first-order valence-corrected chi connectivity index (χ1v) is 23.2. The summed E-state index contributed by atoms with van der Waals surface area (Å²) in [6.45, 7) is 18.2. The number of hydroxylamine groups is 2. The lowest BCUT2D eigenvalue weighted by molar-refractivity contribution is -0.276. The van der Waals surface area contributed by atoms with Crippen LogP contribution in [0.3, 0.4) is 0 Å². The van der Waals surface area contributed by atoms with Crippen LogP contribution in [0.25, 0.3) is 0 Å². The zero-order chi connectivity index (χ0) is 45.7. The third kappa shape index (κ3) is 16.5. The van der Waals surface area contributed by atoms with Crippen LogP contribution in [0, 0.1) is 11.8 Å². The minimum Gasteiger partial charge on any atom is -0.461 e. The maximum atomic E-state index is 14.5. The highest BCUT2D eigenvalue weighted by Gasteiger charge is 2.46. The number of hydrogen-bond donors (Lipinski definition) is 5. The summed E-state index contributed by atoms with van der Waals surface area (Å²) in [5.41, 5.74) is -0.721. The molecule has 0 aromatic heterocycles. The summed E-state index contributed by atoms with van der Waals surface area (Å²) in [5.74, 6) is -1.39. The van der Waals surface area contributed by atoms with Gasteiger partial charge in [0, 0.05) is 17.6 Å². The summed E-state index contributed by atoms with van der Waals surface area (Å²) in [5, 5.41) is 31.7. The molecular weight excluding hydrogens is 791 g/mol. The Balaban J connectivity index is 1.42. The second kappa shape index (κ2) is 23.4. The predicted molar refractivity (Wildman–Crippen MR) is 239 cm³/mol. The van der Waals surface area contributed by atoms with Crippen molar-refractivity contribution in [1.29, 1.82) is 0 Å². The lowest BCUT2D eigenvalue weighted by Crippen LogP contribution is -2.61. The minimum atomic E-state index is -1.20. The first-order chi connectivity index (χ1) is 29.1. The first kappa shape index (κ1) is 51.1. The van der Waals surface area contributed by atoms with Crippen molar-refractivity contribution in [3.8, 4) is 0 Å². The molecule has 2 heterocycles. The van der Waals surface area contributed by atoms with Gasteiger partial charge in [-0.1, -0.05) is 62.8 Å². The topological polar surface area (TPSA) is 179 Å². The van der Waals surface area contributed by atoms with E-state index in [0.29, 0.717) is 70.9 Å². The number of aliphatic hydroxyl groups excluding tert-OH is 1. The van der Waals surface area contributed by atoms with Gasteiger partial charge in [-0.05, 0) is 150 Å². The lowest BCUT2D eigenvalue weighted by Gasteiger charge is -2.51. The van der Waals surface area contributed by atoms with Crippen LogP contribution in [0.15, 0.2) is 42.5 Å². The van der Waals surface area contributed by atoms with E-state index in [1.165, 1.54) is 5.06 Å². The van der Waals surface area contributed by atoms with E-state index in [9.17, 15) is 29.5 Å². The van der Waals surface area contributed by atoms with Crippen molar-refractivity contribution in [2.45, 2.75) is 206 Å². The van der Waals surface area contributed by atoms with E-state index < -0.39 is 53.2 Å². The Kier molecular flexibility index (Phi) is 19.3. The van der Waals surface area contributed by atoms with Crippen molar-refractivity contribution in [2.24, 2.45) is 11.8 Å². The number of unbranched alkanes of at least 4 members (excludes halogenated alkanes) is 1. The number of nitrogens with zero attached hydrogens (tertiary/aromatic N) is 2. The Bertz CT molecular complexity index is 1590. The quantitative estimate of drug-likeness (QED) is 0.0389. The molecule has 3 aliphatic rings. The number of aliphatic hydroxyl groups is 1. The summed E-state index contributed by atoms with van der Waals surface area (Å²) in [4.78, 5) is 56.9. The van der Waals surface area contributed by atoms with Crippen molar-refractivity contribution in [3.63, 3.8) is 0 Å². The highest BCUT2D eigenvalue weighted by atomic mass is 16.6. The van der Waals surface area contributed by atoms with Crippen LogP contribution >= 0.6 is 0 Å². The van der Waals surface area contributed by atoms with Crippen LogP contribution < -0.4 is 16.0 Å². The van der Waals surface area contributed by atoms with E-state index in [1.54, 1.807) is 4.90 Å². The molecule has 1 aromatic carbocycles. The highest BCUT2D eigenvalue weighted by molar-refractivity contribution is 5.92. The van der Waals surface area contributed by atoms with Crippen LogP contribution in [0.5, 0.6) is 0 Å². The van der Waals surface area contributed by atoms with Crippen LogP contribution in [-0.2, 0) is 35.0 Å². The van der Waals surface area contributed by atoms with Gasteiger partial charge in [0.25, 0.3) is 0 Å². The molecule has 1 aliphatic carbocycles. The normalized spacial score (nSPS) is 21.9. The van der Waals surface area contributed by atoms with E-state index in [2.05, 4.69) is 29.8 Å². The number of amides is 3. The first-order valence-electron chi connectivity index (χ1n) is 23.2. The number of carbonyl (C=O) groups excluding carboxylic acids is 4. The largest absolute Gasteiger partial charge is 0.461 e. The Morgan fingerprint density at radius 3 is 2.18 bits per heavy atom. The molecule has 0 bridgehead atoms. The van der Waals surface area contributed by atoms with E-state index in [0.717, 1.165) is 37.7 Å². The minimum absolute atomic E-state index is 0.184. The molecule has 5 atom stereocenters. The van der Waals surface area contributed by atoms with Crippen LogP contribution in [-0.4, -0.2) is 111 Å². The second-order valence-corrected chi connectivity index (χ2v) is 20.4. The Labute approximate surface area is 371 Å². The van der Waals surface area contributed by atoms with Gasteiger partial charge in [-0.25, -0.2) is 9.59 Å². The van der Waals surface area contributed by atoms with Crippen LogP contribution in [0.2, 0.25) is 0 Å². The summed E-state index contributed by atoms with van der Waals surface area (Å²) >= 11 is 0. The number of likely N-dealkylation sites (tertiary alicyclic amines) is 1. The molecule has 14 nitrogen and oxygen atoms in total. The smallest absolute Gasteiger partial charge is 0.408 e. The van der Waals surface area contributed by atoms with Crippen LogP contribution in [0.1, 0.15) is 151 Å². The average molecular weight is 870 g/mol. The standard InChI is InChI=1S/C48H79N5O9/c1-33(2)29-36(50-45(58)62-46(3,4)5)26-25-35(30-34-19-12-10-13-20-34)42(55)52-28-18-24-40(52)41(54)51-39(43(56)60-37-21-14-11-15-22-37)23-16-17-27-49-44(57)61-38-31-47(6,7)53(59)48(8,9)32-38/h10,12-13,19-20,25-26,33,35-40,44,49,57,59H,11,14-18,21-24,27-32H2,1-9H3,(H,50,58)(H,51,54)/b26-25+/t35-,36-,39+,40-,44?/m1/s1. The number of ether oxygens (including phenoxy) is 3. The molecule has 3 fully saturated rings. The fourth-order valence-electron chi connectivity index (χ4n) is 9.19. The third-order valence-electron chi connectivity index (χ3n) is 12.1. The molecule has 1 aromatic rings. The summed E-state index contributed by atoms with van der Waals surface area (Å²) in [6, 6.07) is 7.71. The number of hydrogen-bond acceptors (Lipinski definition) is 11. The Morgan fingerprint density at radius 1 is 0.887 bits per heavy atom. The maximum absolute atomic E-state index is 14.5. The molecule has 0 spiro atoms. The molecule has 0 radical (unpaired) electrons. The molecule has 350 valence electrons. The number of nitrogens with one attached hydrogen (secondary N) is 3. The van der Waals surface area contributed by atoms with E-state index in [1.807, 2.05) is 91.0 Å². The van der Waals surface area contributed by atoms with Gasteiger partial charge in [0.1, 0.15) is 23.8 Å². The monoisotopic (exact) mass is 870 g/mol. The van der Waals surface area contributed by atoms with Gasteiger partial charge >= 0.3 is 12.1 Å². The molecule has 4 rings (SSSR count). The fraction of sp³-hybridized carbons (Fsp3) is 0.750. The molecular formula is C48H79N5O9. The van der Waals surface area contributed by atoms with E-state index >= 15 is 0 Å². The number of rotatable bonds is 20. The predicted octanol–water partition coefficient (Wildman–Crippen LogP) is 7.16. The molecule has 3 amide bonds. The second-order valence-electron chi connectivity index (χ2n) is 20.4. The number of esters is 1. The molecule has 1 saturated carbocycles. The molecule has 5 N–H and O–H groups in total. The number of piperidine rings is 1. The van der Waals surface area contributed by atoms with Gasteiger partial charge < -0.3 is 40.1 Å². The molecule has 1 unspecified atom stereocenters. The number of carbonyl (C=O) groups is 4. The SMILES string of the molecule is CC(C)C[C@@H](/C=C/[C@H](Cc1ccccc1)C(=O)N1CCC[C@@H]1C(=O)N[C@@H](CCCCNC(O)OC1CC(C)(C)N(O)C(C)(C)C1)C(=O)OC1CCCCC1)NC(=O)OC(C)(C)C. The Hall–Kier alpha value is -3.56. The molecule has 2 saturated heterocycles. The van der Waals surface area contributed by atoms with E-state index in [4.69, 9.17) is 14.2 Å². The van der Waals surface area contributed by atoms with Gasteiger partial charge in [-0.15, -0.1) is 0 Å². The number of alkyl carbamates (subject to hydrolysis) is 1. The number of benzene rings is 1. The van der Waals surface area contributed by atoms with E-state index in [-0.39, 0.29) is 36.0 Å². The third-order valence-corrected chi connectivity index (χ3v) is 12.1. The van der Waals surface area contributed by atoms with Gasteiger partial charge in [0.2, 0.25) is 18.2 Å². The van der Waals surface area contributed by atoms with Gasteiger partial charge in [0.05, 0.1) is 18.1 Å². The van der Waals surface area contributed by atoms with Crippen molar-refractivity contribution in [1.82, 2.24) is 25.9 Å². The highest BCUT2D eigenvalue weighted by Crippen LogP contribution is 2.38. The zero-order valence-corrected chi connectivity index (χ0v) is 39.1. The van der Waals surface area contributed by atoms with Crippen molar-refractivity contribution < 1.29 is 43.7 Å². The van der Waals surface area contributed by atoms with Gasteiger partial charge in [-0.2, -0.15) is 5.06 Å². The molecule has 62 heavy (non-hydrogen) atoms. The summed E-state index contributed by atoms with van der Waals surface area (Å²) in [6.07, 6.45) is 11.0. The summed E-state index contributed by atoms with van der Waals surface area (Å²) in [7, 11) is 0. The fourth-order valence-corrected chi connectivity index (χ4v) is 9.19. The van der Waals surface area contributed by atoms with Gasteiger partial charge in [0.15, 0.2) is 0 Å². The Morgan fingerprint density at radius 2 is 1.55 bits per heavy atom. The molecule has 2 aliphatic heterocycles. The van der Waals surface area contributed by atoms with Crippen molar-refractivity contribution in [3.05, 3.63) is 48.0 Å². The zero-order valence-electron chi connectivity index (χ0n) is 39.1. The van der Waals surface area contributed by atoms with Crippen molar-refractivity contribution in [2.75, 3.05) is 13.1 Å².